The van der Waals surface area contributed by atoms with E-state index in [0.29, 0.717) is 17.4 Å². The van der Waals surface area contributed by atoms with Crippen molar-refractivity contribution in [2.24, 2.45) is 11.3 Å². The molecule has 3 aromatic rings. The van der Waals surface area contributed by atoms with Crippen LogP contribution in [0.2, 0.25) is 5.02 Å². The summed E-state index contributed by atoms with van der Waals surface area (Å²) in [6.45, 7) is 6.02. The van der Waals surface area contributed by atoms with Crippen LogP contribution in [-0.4, -0.2) is 81.5 Å². The Hall–Kier alpha value is -2.89. The van der Waals surface area contributed by atoms with Crippen molar-refractivity contribution in [2.75, 3.05) is 55.7 Å². The van der Waals surface area contributed by atoms with Crippen molar-refractivity contribution in [3.05, 3.63) is 52.7 Å². The van der Waals surface area contributed by atoms with Gasteiger partial charge in [-0.1, -0.05) is 11.6 Å². The summed E-state index contributed by atoms with van der Waals surface area (Å²) in [5.74, 6) is -1.23. The second kappa shape index (κ2) is 8.31. The molecule has 2 aromatic heterocycles. The Morgan fingerprint density at radius 1 is 1.05 bits per heavy atom. The predicted octanol–water partition coefficient (Wildman–Crippen LogP) is 2.94. The minimum absolute atomic E-state index is 0.105. The third-order valence-electron chi connectivity index (χ3n) is 7.97. The van der Waals surface area contributed by atoms with Crippen LogP contribution in [0, 0.1) is 18.3 Å². The lowest BCUT2D eigenvalue weighted by Gasteiger charge is -2.60. The molecule has 4 aliphatic rings. The highest BCUT2D eigenvalue weighted by molar-refractivity contribution is 6.30. The molecule has 0 saturated carbocycles. The maximum Gasteiger partial charge on any atom is 0.267 e. The summed E-state index contributed by atoms with van der Waals surface area (Å²) in [5, 5.41) is 9.57. The average molecular weight is 529 g/mol. The van der Waals surface area contributed by atoms with E-state index in [1.54, 1.807) is 17.3 Å². The third-order valence-corrected chi connectivity index (χ3v) is 8.20. The van der Waals surface area contributed by atoms with Crippen LogP contribution in [0.5, 0.6) is 0 Å². The van der Waals surface area contributed by atoms with E-state index in [-0.39, 0.29) is 31.7 Å². The number of fused-ring (bicyclic) bond motifs is 3. The van der Waals surface area contributed by atoms with Crippen LogP contribution in [0.4, 0.5) is 20.5 Å². The highest BCUT2D eigenvalue weighted by Gasteiger charge is 2.54. The van der Waals surface area contributed by atoms with Gasteiger partial charge in [0.15, 0.2) is 5.82 Å². The van der Waals surface area contributed by atoms with Crippen LogP contribution >= 0.6 is 11.6 Å². The van der Waals surface area contributed by atoms with E-state index in [1.165, 1.54) is 0 Å². The first-order chi connectivity index (χ1) is 17.8. The van der Waals surface area contributed by atoms with Crippen LogP contribution in [-0.2, 0) is 17.8 Å². The van der Waals surface area contributed by atoms with Crippen LogP contribution in [0.3, 0.4) is 0 Å². The van der Waals surface area contributed by atoms with Gasteiger partial charge in [0, 0.05) is 55.6 Å². The third kappa shape index (κ3) is 3.86. The molecule has 0 amide bonds. The highest BCUT2D eigenvalue weighted by atomic mass is 35.5. The number of ether oxygens (including phenoxy) is 1. The van der Waals surface area contributed by atoms with Crippen molar-refractivity contribution in [3.63, 3.8) is 0 Å². The zero-order valence-electron chi connectivity index (χ0n) is 20.4. The number of rotatable bonds is 5. The minimum atomic E-state index is -2.84. The first-order valence-corrected chi connectivity index (χ1v) is 12.9. The van der Waals surface area contributed by atoms with Crippen molar-refractivity contribution in [2.45, 2.75) is 25.9 Å². The summed E-state index contributed by atoms with van der Waals surface area (Å²) in [6.07, 6.45) is 3.44. The van der Waals surface area contributed by atoms with Gasteiger partial charge in [0.05, 0.1) is 43.6 Å². The van der Waals surface area contributed by atoms with E-state index < -0.39 is 11.8 Å². The van der Waals surface area contributed by atoms with Crippen molar-refractivity contribution >= 4 is 23.4 Å². The van der Waals surface area contributed by atoms with E-state index in [1.807, 2.05) is 29.7 Å². The fraction of sp³-hybridized carbons (Fsp3) is 0.520. The number of anilines is 2. The summed E-state index contributed by atoms with van der Waals surface area (Å²) in [5.41, 5.74) is 2.90. The van der Waals surface area contributed by atoms with Gasteiger partial charge in [-0.25, -0.2) is 13.8 Å². The SMILES string of the molecule is Cc1nccnc1N1CC2(C1)CN(c1nnc3n1-c1ccc(Cl)cc1CN(CC(F)(F)C1COC1)C3)C2. The molecule has 0 radical (unpaired) electrons. The Kier molecular flexibility index (Phi) is 5.22. The van der Waals surface area contributed by atoms with Crippen LogP contribution in [0.15, 0.2) is 30.6 Å². The predicted molar refractivity (Wildman–Crippen MR) is 133 cm³/mol. The van der Waals surface area contributed by atoms with Crippen LogP contribution in [0.1, 0.15) is 17.1 Å². The van der Waals surface area contributed by atoms with Gasteiger partial charge in [0.1, 0.15) is 5.82 Å². The lowest BCUT2D eigenvalue weighted by atomic mass is 9.73. The number of aryl methyl sites for hydroxylation is 1. The lowest BCUT2D eigenvalue weighted by Crippen LogP contribution is -2.73. The molecule has 9 nitrogen and oxygen atoms in total. The second-order valence-corrected chi connectivity index (χ2v) is 11.3. The maximum atomic E-state index is 14.9. The first-order valence-electron chi connectivity index (χ1n) is 12.5. The molecule has 0 N–H and O–H groups in total. The van der Waals surface area contributed by atoms with Crippen molar-refractivity contribution in [3.8, 4) is 5.69 Å². The Bertz CT molecular complexity index is 1350. The van der Waals surface area contributed by atoms with Crippen LogP contribution < -0.4 is 9.80 Å². The molecule has 0 bridgehead atoms. The molecule has 7 rings (SSSR count). The number of nitrogens with zero attached hydrogens (tertiary/aromatic N) is 8. The standard InChI is InChI=1S/C25H27ClF2N8O/c1-16-22(30-5-4-29-16)34-11-24(12-34)13-35(14-24)23-32-31-21-8-33(15-25(27,28)18-9-37-10-18)7-17-6-19(26)2-3-20(17)36(21)23/h2-6,18H,7-15H2,1H3. The molecule has 1 spiro atoms. The molecule has 12 heteroatoms. The number of aromatic nitrogens is 5. The van der Waals surface area contributed by atoms with Gasteiger partial charge in [-0.3, -0.25) is 14.5 Å². The van der Waals surface area contributed by atoms with E-state index in [4.69, 9.17) is 16.3 Å². The van der Waals surface area contributed by atoms with E-state index in [9.17, 15) is 8.78 Å². The highest BCUT2D eigenvalue weighted by Crippen LogP contribution is 2.44. The van der Waals surface area contributed by atoms with Gasteiger partial charge in [0.2, 0.25) is 5.95 Å². The molecule has 3 fully saturated rings. The molecule has 1 aromatic carbocycles. The Labute approximate surface area is 218 Å². The number of benzene rings is 1. The van der Waals surface area contributed by atoms with E-state index >= 15 is 0 Å². The van der Waals surface area contributed by atoms with Crippen molar-refractivity contribution < 1.29 is 13.5 Å². The van der Waals surface area contributed by atoms with Gasteiger partial charge < -0.3 is 14.5 Å². The quantitative estimate of drug-likeness (QED) is 0.500. The van der Waals surface area contributed by atoms with Gasteiger partial charge in [0.25, 0.3) is 5.92 Å². The van der Waals surface area contributed by atoms with Gasteiger partial charge in [-0.2, -0.15) is 0 Å². The molecular formula is C25H27ClF2N8O. The van der Waals surface area contributed by atoms with Crippen molar-refractivity contribution in [1.29, 1.82) is 0 Å². The van der Waals surface area contributed by atoms with Crippen molar-refractivity contribution in [1.82, 2.24) is 29.6 Å². The van der Waals surface area contributed by atoms with Gasteiger partial charge in [-0.15, -0.1) is 10.2 Å². The average Bonchev–Trinajstić information content (AvgIpc) is 3.07. The van der Waals surface area contributed by atoms with E-state index in [0.717, 1.165) is 54.9 Å². The zero-order chi connectivity index (χ0) is 25.4. The summed E-state index contributed by atoms with van der Waals surface area (Å²) in [7, 11) is 0. The molecule has 0 atom stereocenters. The normalized spacial score (nSPS) is 21.1. The molecule has 3 saturated heterocycles. The molecule has 0 unspecified atom stereocenters. The number of hydrogen-bond acceptors (Lipinski definition) is 8. The smallest absolute Gasteiger partial charge is 0.267 e. The topological polar surface area (TPSA) is 75.4 Å². The van der Waals surface area contributed by atoms with Crippen LogP contribution in [0.25, 0.3) is 5.69 Å². The molecule has 194 valence electrons. The molecule has 4 aliphatic heterocycles. The minimum Gasteiger partial charge on any atom is -0.380 e. The zero-order valence-corrected chi connectivity index (χ0v) is 21.2. The second-order valence-electron chi connectivity index (χ2n) is 10.8. The largest absolute Gasteiger partial charge is 0.380 e. The summed E-state index contributed by atoms with van der Waals surface area (Å²) >= 11 is 6.33. The lowest BCUT2D eigenvalue weighted by molar-refractivity contribution is -0.179. The summed E-state index contributed by atoms with van der Waals surface area (Å²) in [4.78, 5) is 15.1. The Morgan fingerprint density at radius 3 is 2.54 bits per heavy atom. The molecule has 0 aliphatic carbocycles. The van der Waals surface area contributed by atoms with E-state index in [2.05, 4.69) is 30.0 Å². The first kappa shape index (κ1) is 23.2. The number of hydrogen-bond donors (Lipinski definition) is 0. The maximum absolute atomic E-state index is 14.9. The number of halogens is 3. The molecule has 6 heterocycles. The Morgan fingerprint density at radius 2 is 1.81 bits per heavy atom. The van der Waals surface area contributed by atoms with Gasteiger partial charge >= 0.3 is 0 Å². The summed E-state index contributed by atoms with van der Waals surface area (Å²) in [6, 6.07) is 5.62. The number of alkyl halides is 2. The fourth-order valence-corrected chi connectivity index (χ4v) is 6.20. The molecular weight excluding hydrogens is 502 g/mol. The monoisotopic (exact) mass is 528 g/mol. The molecule has 37 heavy (non-hydrogen) atoms. The Balaban J connectivity index is 1.13. The van der Waals surface area contributed by atoms with Gasteiger partial charge in [-0.05, 0) is 30.7 Å². The summed E-state index contributed by atoms with van der Waals surface area (Å²) < 4.78 is 36.9. The fourth-order valence-electron chi connectivity index (χ4n) is 6.00.